The van der Waals surface area contributed by atoms with Gasteiger partial charge in [0.25, 0.3) is 0 Å². The van der Waals surface area contributed by atoms with Crippen LogP contribution in [-0.4, -0.2) is 10.8 Å². The first kappa shape index (κ1) is 7.72. The third-order valence-corrected chi connectivity index (χ3v) is 1.38. The Morgan fingerprint density at radius 2 is 2.36 bits per heavy atom. The standard InChI is InChI=1S/C8H10N2O/c1-2-7(11)6-4-3-5-8(9)10-6/h3-5H,2H2,1H3,(H2,9,10). The minimum absolute atomic E-state index is 0.0253. The van der Waals surface area contributed by atoms with Crippen LogP contribution >= 0.6 is 0 Å². The molecule has 0 bridgehead atoms. The molecule has 0 aliphatic rings. The van der Waals surface area contributed by atoms with E-state index in [2.05, 4.69) is 4.98 Å². The molecule has 0 aliphatic heterocycles. The van der Waals surface area contributed by atoms with Crippen molar-refractivity contribution in [2.24, 2.45) is 0 Å². The lowest BCUT2D eigenvalue weighted by atomic mass is 10.2. The van der Waals surface area contributed by atoms with Crippen molar-refractivity contribution in [3.8, 4) is 0 Å². The second kappa shape index (κ2) is 3.14. The topological polar surface area (TPSA) is 56.0 Å². The number of hydrogen-bond donors (Lipinski definition) is 1. The molecule has 1 aromatic rings. The van der Waals surface area contributed by atoms with Gasteiger partial charge in [0.15, 0.2) is 5.78 Å². The Labute approximate surface area is 65.2 Å². The highest BCUT2D eigenvalue weighted by atomic mass is 16.1. The smallest absolute Gasteiger partial charge is 0.180 e. The second-order valence-corrected chi connectivity index (χ2v) is 2.22. The third-order valence-electron chi connectivity index (χ3n) is 1.38. The molecule has 58 valence electrons. The quantitative estimate of drug-likeness (QED) is 0.645. The number of rotatable bonds is 2. The Hall–Kier alpha value is -1.38. The maximum atomic E-state index is 11.0. The summed E-state index contributed by atoms with van der Waals surface area (Å²) in [6.07, 6.45) is 0.469. The van der Waals surface area contributed by atoms with Gasteiger partial charge in [0.05, 0.1) is 0 Å². The predicted octanol–water partition coefficient (Wildman–Crippen LogP) is 1.26. The first-order valence-electron chi connectivity index (χ1n) is 3.49. The minimum Gasteiger partial charge on any atom is -0.384 e. The number of nitrogen functional groups attached to an aromatic ring is 1. The number of anilines is 1. The summed E-state index contributed by atoms with van der Waals surface area (Å²) in [7, 11) is 0. The average molecular weight is 150 g/mol. The Kier molecular flexibility index (Phi) is 2.21. The molecule has 1 aromatic heterocycles. The number of hydrogen-bond acceptors (Lipinski definition) is 3. The van der Waals surface area contributed by atoms with Crippen LogP contribution in [0.3, 0.4) is 0 Å². The van der Waals surface area contributed by atoms with Gasteiger partial charge < -0.3 is 5.73 Å². The lowest BCUT2D eigenvalue weighted by Gasteiger charge is -1.96. The number of ketones is 1. The molecule has 1 heterocycles. The monoisotopic (exact) mass is 150 g/mol. The van der Waals surface area contributed by atoms with Crippen LogP contribution in [0.1, 0.15) is 23.8 Å². The fraction of sp³-hybridized carbons (Fsp3) is 0.250. The molecule has 0 atom stereocenters. The second-order valence-electron chi connectivity index (χ2n) is 2.22. The van der Waals surface area contributed by atoms with E-state index in [0.29, 0.717) is 17.9 Å². The normalized spacial score (nSPS) is 9.55. The summed E-state index contributed by atoms with van der Waals surface area (Å²) < 4.78 is 0. The van der Waals surface area contributed by atoms with Gasteiger partial charge in [-0.25, -0.2) is 4.98 Å². The van der Waals surface area contributed by atoms with E-state index in [9.17, 15) is 4.79 Å². The summed E-state index contributed by atoms with van der Waals surface area (Å²) in [5, 5.41) is 0. The average Bonchev–Trinajstić information content (AvgIpc) is 2.03. The summed E-state index contributed by atoms with van der Waals surface area (Å²) in [5.74, 6) is 0.418. The Morgan fingerprint density at radius 1 is 1.64 bits per heavy atom. The van der Waals surface area contributed by atoms with E-state index in [4.69, 9.17) is 5.73 Å². The summed E-state index contributed by atoms with van der Waals surface area (Å²) >= 11 is 0. The zero-order valence-electron chi connectivity index (χ0n) is 6.37. The van der Waals surface area contributed by atoms with Gasteiger partial charge in [0, 0.05) is 6.42 Å². The van der Waals surface area contributed by atoms with E-state index in [1.807, 2.05) is 0 Å². The number of aromatic nitrogens is 1. The Balaban J connectivity index is 2.96. The maximum Gasteiger partial charge on any atom is 0.180 e. The first-order valence-corrected chi connectivity index (χ1v) is 3.49. The molecule has 0 radical (unpaired) electrons. The molecule has 0 unspecified atom stereocenters. The zero-order valence-corrected chi connectivity index (χ0v) is 6.37. The van der Waals surface area contributed by atoms with Gasteiger partial charge in [0.2, 0.25) is 0 Å². The van der Waals surface area contributed by atoms with E-state index < -0.39 is 0 Å². The van der Waals surface area contributed by atoms with Crippen LogP contribution in [0.25, 0.3) is 0 Å². The summed E-state index contributed by atoms with van der Waals surface area (Å²) in [4.78, 5) is 14.9. The molecule has 1 rings (SSSR count). The molecule has 0 saturated heterocycles. The lowest BCUT2D eigenvalue weighted by molar-refractivity contribution is 0.0983. The highest BCUT2D eigenvalue weighted by Gasteiger charge is 2.02. The molecule has 2 N–H and O–H groups in total. The van der Waals surface area contributed by atoms with Crippen LogP contribution < -0.4 is 5.73 Å². The highest BCUT2D eigenvalue weighted by Crippen LogP contribution is 2.02. The van der Waals surface area contributed by atoms with Crippen molar-refractivity contribution >= 4 is 11.6 Å². The molecule has 0 fully saturated rings. The SMILES string of the molecule is CCC(=O)c1cccc(N)n1. The summed E-state index contributed by atoms with van der Waals surface area (Å²) in [5.41, 5.74) is 5.84. The van der Waals surface area contributed by atoms with Crippen molar-refractivity contribution < 1.29 is 4.79 Å². The summed E-state index contributed by atoms with van der Waals surface area (Å²) in [6, 6.07) is 5.06. The fourth-order valence-corrected chi connectivity index (χ4v) is 0.788. The molecule has 3 nitrogen and oxygen atoms in total. The summed E-state index contributed by atoms with van der Waals surface area (Å²) in [6.45, 7) is 1.80. The number of nitrogens with zero attached hydrogens (tertiary/aromatic N) is 1. The van der Waals surface area contributed by atoms with Crippen LogP contribution in [0.5, 0.6) is 0 Å². The van der Waals surface area contributed by atoms with Crippen molar-refractivity contribution in [1.82, 2.24) is 4.98 Å². The van der Waals surface area contributed by atoms with Crippen molar-refractivity contribution in [2.75, 3.05) is 5.73 Å². The van der Waals surface area contributed by atoms with Gasteiger partial charge in [0.1, 0.15) is 11.5 Å². The number of nitrogens with two attached hydrogens (primary N) is 1. The van der Waals surface area contributed by atoms with E-state index in [1.54, 1.807) is 25.1 Å². The van der Waals surface area contributed by atoms with Gasteiger partial charge in [-0.3, -0.25) is 4.79 Å². The molecule has 0 aromatic carbocycles. The number of carbonyl (C=O) groups excluding carboxylic acids is 1. The maximum absolute atomic E-state index is 11.0. The van der Waals surface area contributed by atoms with Crippen LogP contribution in [0.2, 0.25) is 0 Å². The largest absolute Gasteiger partial charge is 0.384 e. The lowest BCUT2D eigenvalue weighted by Crippen LogP contribution is -2.01. The van der Waals surface area contributed by atoms with Crippen molar-refractivity contribution in [3.63, 3.8) is 0 Å². The van der Waals surface area contributed by atoms with E-state index in [1.165, 1.54) is 0 Å². The Bertz CT molecular complexity index is 271. The minimum atomic E-state index is 0.0253. The van der Waals surface area contributed by atoms with Gasteiger partial charge in [-0.05, 0) is 12.1 Å². The third kappa shape index (κ3) is 1.77. The van der Waals surface area contributed by atoms with Crippen LogP contribution in [-0.2, 0) is 0 Å². The number of pyridine rings is 1. The van der Waals surface area contributed by atoms with Crippen LogP contribution in [0.15, 0.2) is 18.2 Å². The van der Waals surface area contributed by atoms with E-state index >= 15 is 0 Å². The van der Waals surface area contributed by atoms with E-state index in [0.717, 1.165) is 0 Å². The molecule has 0 spiro atoms. The molecule has 0 saturated carbocycles. The van der Waals surface area contributed by atoms with Gasteiger partial charge in [-0.2, -0.15) is 0 Å². The van der Waals surface area contributed by atoms with Gasteiger partial charge in [-0.15, -0.1) is 0 Å². The van der Waals surface area contributed by atoms with Gasteiger partial charge >= 0.3 is 0 Å². The zero-order chi connectivity index (χ0) is 8.27. The van der Waals surface area contributed by atoms with Crippen molar-refractivity contribution in [1.29, 1.82) is 0 Å². The van der Waals surface area contributed by atoms with Crippen molar-refractivity contribution in [2.45, 2.75) is 13.3 Å². The molecule has 0 amide bonds. The fourth-order valence-electron chi connectivity index (χ4n) is 0.788. The highest BCUT2D eigenvalue weighted by molar-refractivity contribution is 5.94. The molecular weight excluding hydrogens is 140 g/mol. The molecule has 3 heteroatoms. The molecule has 0 aliphatic carbocycles. The molecular formula is C8H10N2O. The van der Waals surface area contributed by atoms with Crippen LogP contribution in [0, 0.1) is 0 Å². The van der Waals surface area contributed by atoms with Gasteiger partial charge in [-0.1, -0.05) is 13.0 Å². The van der Waals surface area contributed by atoms with Crippen molar-refractivity contribution in [3.05, 3.63) is 23.9 Å². The Morgan fingerprint density at radius 3 is 2.91 bits per heavy atom. The van der Waals surface area contributed by atoms with E-state index in [-0.39, 0.29) is 5.78 Å². The predicted molar refractivity (Wildman–Crippen MR) is 43.3 cm³/mol. The molecule has 11 heavy (non-hydrogen) atoms. The first-order chi connectivity index (χ1) is 5.24. The number of carbonyl (C=O) groups is 1. The number of Topliss-reactive ketones (excluding diaryl/α,β-unsaturated/α-hetero) is 1. The van der Waals surface area contributed by atoms with Crippen LogP contribution in [0.4, 0.5) is 5.82 Å².